The Balaban J connectivity index is -0.0000000554. The maximum Gasteiger partial charge on any atom is 1.00 e. The number of phosphoric acid groups is 2. The minimum atomic E-state index is -4.73. The summed E-state index contributed by atoms with van der Waals surface area (Å²) in [6, 6.07) is -2.63. The number of amides is 4. The van der Waals surface area contributed by atoms with Gasteiger partial charge in [0.15, 0.2) is 0 Å². The van der Waals surface area contributed by atoms with Gasteiger partial charge in [-0.25, -0.2) is 13.9 Å². The van der Waals surface area contributed by atoms with Crippen molar-refractivity contribution < 1.29 is 174 Å². The molecule has 4 amide bonds. The van der Waals surface area contributed by atoms with Crippen LogP contribution < -0.4 is 80.4 Å². The van der Waals surface area contributed by atoms with Gasteiger partial charge in [0, 0.05) is 172 Å². The third kappa shape index (κ3) is 70.4. The van der Waals surface area contributed by atoms with E-state index in [-0.39, 0.29) is 164 Å². The number of carbonyl (C=O) groups is 3. The van der Waals surface area contributed by atoms with E-state index in [1.54, 1.807) is 0 Å². The van der Waals surface area contributed by atoms with Crippen molar-refractivity contribution in [3.63, 3.8) is 0 Å². The zero-order valence-corrected chi connectivity index (χ0v) is 61.5. The molecular weight excluding hydrogens is 1270 g/mol. The summed E-state index contributed by atoms with van der Waals surface area (Å²) in [6.07, 6.45) is 39.6. The summed E-state index contributed by atoms with van der Waals surface area (Å²) in [4.78, 5) is 59.1. The quantitative estimate of drug-likeness (QED) is 0.0145. The van der Waals surface area contributed by atoms with Crippen molar-refractivity contribution >= 4 is 33.5 Å². The third-order valence-electron chi connectivity index (χ3n) is 11.6. The molecule has 0 aromatic rings. The van der Waals surface area contributed by atoms with Gasteiger partial charge >= 0.3 is 80.8 Å². The van der Waals surface area contributed by atoms with Crippen LogP contribution in [-0.2, 0) is 46.3 Å². The van der Waals surface area contributed by atoms with Crippen molar-refractivity contribution in [1.82, 2.24) is 21.3 Å². The van der Waals surface area contributed by atoms with E-state index in [4.69, 9.17) is 40.4 Å². The molecule has 0 aliphatic rings. The monoisotopic (exact) mass is 1430 g/mol. The number of phosphoric ester groups is 2. The molecule has 0 aromatic heterocycles. The first-order valence-corrected chi connectivity index (χ1v) is 33.9. The zero-order valence-electron chi connectivity index (χ0n) is 57.7. The average Bonchev–Trinajstić information content (AvgIpc) is 0.915. The SMILES string of the molecule is C#CC#CC#CC#CC#CC#CC#CC#CC#COC[C@H](COP(=O)(O)OCCNC(=O)NCCOP(=O)(O)OC[C@H](COC#CC#CC#CC#CC#CC#CC#CC#CC#C)NC(=O)CCCCCCCCCCCCC)NC(=O)CCCCCCCCCCCCC.[H-].[H-].[HH].[HH].[HH].[HH].[HH].[HH].[HH].[HH].[HH].[HH].[HH].[HH].[HH].[HH].[HH].[HH].[HH].[HH].[HH].[HH].[HH].[HH].[HH].[HH].[HH].[HH].[HH].[HH].[HH].[HH].[HH].[HH].[HH].[HH].[HH].[HH].[Na+].[Na+]. The van der Waals surface area contributed by atoms with Gasteiger partial charge in [-0.2, -0.15) is 0 Å². The molecular formula is C75H154N4Na2O13P2. The molecule has 0 saturated carbocycles. The van der Waals surface area contributed by atoms with Gasteiger partial charge < -0.3 is 43.4 Å². The normalized spacial score (nSPS) is 10.4. The van der Waals surface area contributed by atoms with Crippen LogP contribution in [0.4, 0.5) is 4.79 Å². The van der Waals surface area contributed by atoms with Gasteiger partial charge in [0.1, 0.15) is 25.4 Å². The second-order valence-corrected chi connectivity index (χ2v) is 22.2. The number of nitrogens with one attached hydrogen (secondary N) is 4. The van der Waals surface area contributed by atoms with Gasteiger partial charge in [0.2, 0.25) is 11.8 Å². The number of carbonyl (C=O) groups excluding carboxylic acids is 3. The topological polar surface area (TPSA) is 229 Å². The summed E-state index contributed by atoms with van der Waals surface area (Å²) in [6.45, 7) is 1.39. The molecule has 6 N–H and O–H groups in total. The molecule has 0 fully saturated rings. The number of rotatable bonds is 44. The zero-order chi connectivity index (χ0) is 68.6. The Morgan fingerprint density at radius 1 is 0.375 bits per heavy atom. The van der Waals surface area contributed by atoms with Crippen molar-refractivity contribution in [3.05, 3.63) is 0 Å². The van der Waals surface area contributed by atoms with Crippen LogP contribution in [0.3, 0.4) is 0 Å². The van der Waals surface area contributed by atoms with Crippen LogP contribution in [0.25, 0.3) is 0 Å². The Bertz CT molecular complexity index is 3540. The molecule has 2 unspecified atom stereocenters. The van der Waals surface area contributed by atoms with E-state index in [1.807, 2.05) is 0 Å². The Morgan fingerprint density at radius 2 is 0.615 bits per heavy atom. The number of urea groups is 1. The van der Waals surface area contributed by atoms with Crippen molar-refractivity contribution in [3.8, 4) is 215 Å². The molecule has 96 heavy (non-hydrogen) atoms. The predicted molar refractivity (Wildman–Crippen MR) is 443 cm³/mol. The summed E-state index contributed by atoms with van der Waals surface area (Å²) < 4.78 is 56.7. The van der Waals surface area contributed by atoms with E-state index in [9.17, 15) is 33.3 Å². The van der Waals surface area contributed by atoms with E-state index in [0.29, 0.717) is 12.8 Å². The molecule has 0 radical (unpaired) electrons. The van der Waals surface area contributed by atoms with Crippen LogP contribution in [-0.4, -0.2) is 92.4 Å². The van der Waals surface area contributed by atoms with Crippen LogP contribution >= 0.6 is 15.6 Å². The van der Waals surface area contributed by atoms with Crippen LogP contribution in [0.5, 0.6) is 0 Å². The summed E-state index contributed by atoms with van der Waals surface area (Å²) in [5, 5.41) is 10.3. The van der Waals surface area contributed by atoms with Gasteiger partial charge in [-0.15, -0.1) is 12.8 Å². The second kappa shape index (κ2) is 71.4. The Kier molecular flexibility index (Phi) is 68.7. The van der Waals surface area contributed by atoms with Crippen molar-refractivity contribution in [2.24, 2.45) is 0 Å². The number of ether oxygens (including phenoxy) is 2. The largest absolute Gasteiger partial charge is 1.00 e. The van der Waals surface area contributed by atoms with Gasteiger partial charge in [-0.1, -0.05) is 142 Å². The molecule has 0 heterocycles. The fourth-order valence-corrected chi connectivity index (χ4v) is 8.74. The van der Waals surface area contributed by atoms with Crippen molar-refractivity contribution in [2.45, 2.75) is 180 Å². The number of unbranched alkanes of at least 4 members (excludes halogenated alkanes) is 20. The van der Waals surface area contributed by atoms with Gasteiger partial charge in [0.25, 0.3) is 0 Å². The molecule has 21 heteroatoms. The molecule has 0 aromatic carbocycles. The van der Waals surface area contributed by atoms with Crippen LogP contribution in [0.15, 0.2) is 0 Å². The summed E-state index contributed by atoms with van der Waals surface area (Å²) in [5.74, 6) is 77.2. The minimum absolute atomic E-state index is 0. The Hall–Kier alpha value is -7.89. The smallest absolute Gasteiger partial charge is 1.00 e. The number of terminal acetylenes is 2. The Morgan fingerprint density at radius 3 is 0.875 bits per heavy atom. The summed E-state index contributed by atoms with van der Waals surface area (Å²) in [7, 11) is -9.46. The molecule has 0 aliphatic carbocycles. The molecule has 0 bridgehead atoms. The molecule has 17 nitrogen and oxygen atoms in total. The molecule has 0 aliphatic heterocycles. The van der Waals surface area contributed by atoms with Crippen LogP contribution in [0.2, 0.25) is 0 Å². The van der Waals surface area contributed by atoms with E-state index in [1.165, 1.54) is 77.0 Å². The fourth-order valence-electron chi connectivity index (χ4n) is 7.21. The predicted octanol–water partition coefficient (Wildman–Crippen LogP) is 11.3. The Labute approximate surface area is 673 Å². The van der Waals surface area contributed by atoms with Gasteiger partial charge in [-0.05, 0) is 108 Å². The standard InChI is InChI=1S/C75H80N4O13P2.2Na.36H2.2H/c1-5-9-13-17-21-25-29-31-33-35-37-41-45-49-53-57-63-87-67-71(78-73(80)59-55-51-47-43-39-27-23-19-15-11-7-3)69-91-93(83,84)89-65-61-76-75(82)77-62-66-90-94(85,86)92-70-72(79-74(81)60-56-52-48-44-40-28-24-20-16-12-8-4)68-88-64-58-54-50-46-42-38-36-34-32-30-26-22-18-14-10-6-2;;;;;;;;;;;;;;;;;;;;;;;;;;;;;;;;;;;;;;;;/h1-2,71-72H,7-8,11-12,15-16,19-20,23-24,27-28,39-40,43-44,47-48,51-52,55-56,59-62,65-70H2,3-4H3,(H,78,80)(H,79,81)(H,83,84)(H,85,86)(H2,76,77,82);;;36*1H;;/q;2*+1;;;;;;;;;;;;;;;;;;;;;;;;;;;;;;;;;;;;;2*-1/t71-,72+;;;;;;;;;;;;;;;;;;;;;;;;;;;;;;;;;;;;;;;;. The summed E-state index contributed by atoms with van der Waals surface area (Å²) in [5.41, 5.74) is 0. The van der Waals surface area contributed by atoms with Gasteiger partial charge in [0.05, 0.1) is 38.5 Å². The first-order valence-electron chi connectivity index (χ1n) is 30.9. The van der Waals surface area contributed by atoms with E-state index in [2.05, 4.69) is 237 Å². The third-order valence-corrected chi connectivity index (χ3v) is 13.6. The fraction of sp³-hybridized carbons (Fsp3) is 0.480. The van der Waals surface area contributed by atoms with Gasteiger partial charge in [-0.3, -0.25) is 27.7 Å². The van der Waals surface area contributed by atoms with Crippen molar-refractivity contribution in [2.75, 3.05) is 52.7 Å². The number of hydrogen-bond donors (Lipinski definition) is 6. The first kappa shape index (κ1) is 92.3. The minimum Gasteiger partial charge on any atom is -1.00 e. The van der Waals surface area contributed by atoms with E-state index >= 15 is 0 Å². The molecule has 564 valence electrons. The second-order valence-electron chi connectivity index (χ2n) is 19.3. The van der Waals surface area contributed by atoms with Crippen LogP contribution in [0.1, 0.15) is 222 Å². The van der Waals surface area contributed by atoms with E-state index in [0.717, 1.165) is 51.4 Å². The molecule has 0 spiro atoms. The maximum atomic E-state index is 12.9. The average molecular weight is 1430 g/mol. The molecule has 0 rings (SSSR count). The summed E-state index contributed by atoms with van der Waals surface area (Å²) >= 11 is 0. The maximum absolute atomic E-state index is 12.9. The van der Waals surface area contributed by atoms with Crippen LogP contribution in [0, 0.1) is 215 Å². The molecule has 0 saturated heterocycles. The van der Waals surface area contributed by atoms with E-state index < -0.39 is 60.2 Å². The van der Waals surface area contributed by atoms with Crippen molar-refractivity contribution in [1.29, 1.82) is 0 Å². The molecule has 4 atom stereocenters. The number of hydrogen-bond acceptors (Lipinski definition) is 11. The first-order chi connectivity index (χ1) is 45.9.